The first-order chi connectivity index (χ1) is 8.38. The van der Waals surface area contributed by atoms with Crippen molar-refractivity contribution in [2.24, 2.45) is 5.92 Å². The van der Waals surface area contributed by atoms with Gasteiger partial charge in [0, 0.05) is 12.6 Å². The maximum Gasteiger partial charge on any atom is 0.406 e. The van der Waals surface area contributed by atoms with Gasteiger partial charge in [0.25, 0.3) is 0 Å². The Bertz CT molecular complexity index is 457. The van der Waals surface area contributed by atoms with Crippen molar-refractivity contribution in [2.75, 3.05) is 19.0 Å². The number of alkyl halides is 3. The van der Waals surface area contributed by atoms with Crippen molar-refractivity contribution in [3.8, 4) is 11.8 Å². The van der Waals surface area contributed by atoms with E-state index < -0.39 is 18.6 Å². The van der Waals surface area contributed by atoms with Crippen LogP contribution in [0.15, 0.2) is 18.2 Å². The van der Waals surface area contributed by atoms with Crippen molar-refractivity contribution in [1.82, 2.24) is 0 Å². The van der Waals surface area contributed by atoms with Crippen LogP contribution in [0.4, 0.5) is 18.9 Å². The smallest absolute Gasteiger partial charge is 0.406 e. The molecular formula is C11H10ClF3N2O. The average molecular weight is 279 g/mol. The van der Waals surface area contributed by atoms with Gasteiger partial charge >= 0.3 is 6.18 Å². The van der Waals surface area contributed by atoms with Gasteiger partial charge in [-0.3, -0.25) is 0 Å². The van der Waals surface area contributed by atoms with Crippen LogP contribution in [0.2, 0.25) is 5.02 Å². The number of benzene rings is 1. The molecule has 0 radical (unpaired) electrons. The molecule has 0 saturated heterocycles. The monoisotopic (exact) mass is 278 g/mol. The Kier molecular flexibility index (Phi) is 4.68. The summed E-state index contributed by atoms with van der Waals surface area (Å²) < 4.78 is 42.0. The van der Waals surface area contributed by atoms with Gasteiger partial charge in [-0.2, -0.15) is 18.4 Å². The second kappa shape index (κ2) is 5.83. The van der Waals surface area contributed by atoms with Gasteiger partial charge in [-0.25, -0.2) is 0 Å². The standard InChI is InChI=1S/C11H10ClF3N2O/c1-18-8-2-3-9(12)10(4-8)17-6-7(5-16)11(13,14)15/h2-4,7,17H,6H2,1H3. The predicted octanol–water partition coefficient (Wildman–Crippen LogP) is 3.46. The molecule has 0 aliphatic heterocycles. The lowest BCUT2D eigenvalue weighted by Crippen LogP contribution is -2.28. The summed E-state index contributed by atoms with van der Waals surface area (Å²) >= 11 is 5.81. The van der Waals surface area contributed by atoms with Crippen LogP contribution in [0.5, 0.6) is 5.75 Å². The lowest BCUT2D eigenvalue weighted by atomic mass is 10.1. The molecule has 0 heterocycles. The van der Waals surface area contributed by atoms with E-state index in [2.05, 4.69) is 5.32 Å². The molecule has 0 aliphatic carbocycles. The van der Waals surface area contributed by atoms with Gasteiger partial charge in [0.15, 0.2) is 5.92 Å². The first kappa shape index (κ1) is 14.5. The van der Waals surface area contributed by atoms with Crippen LogP contribution >= 0.6 is 11.6 Å². The number of halogens is 4. The van der Waals surface area contributed by atoms with E-state index in [1.807, 2.05) is 0 Å². The molecule has 0 fully saturated rings. The Balaban J connectivity index is 2.77. The van der Waals surface area contributed by atoms with Crippen molar-refractivity contribution >= 4 is 17.3 Å². The highest BCUT2D eigenvalue weighted by Crippen LogP contribution is 2.29. The summed E-state index contributed by atoms with van der Waals surface area (Å²) in [6.07, 6.45) is -4.56. The Morgan fingerprint density at radius 3 is 2.67 bits per heavy atom. The summed E-state index contributed by atoms with van der Waals surface area (Å²) in [6, 6.07) is 5.74. The molecule has 1 rings (SSSR count). The quantitative estimate of drug-likeness (QED) is 0.917. The van der Waals surface area contributed by atoms with E-state index in [0.717, 1.165) is 0 Å². The second-order valence-electron chi connectivity index (χ2n) is 3.45. The molecule has 7 heteroatoms. The number of anilines is 1. The SMILES string of the molecule is COc1ccc(Cl)c(NCC(C#N)C(F)(F)F)c1. The minimum atomic E-state index is -4.56. The molecule has 3 nitrogen and oxygen atoms in total. The number of hydrogen-bond acceptors (Lipinski definition) is 3. The fourth-order valence-electron chi connectivity index (χ4n) is 1.21. The third-order valence-corrected chi connectivity index (χ3v) is 2.55. The summed E-state index contributed by atoms with van der Waals surface area (Å²) in [6.45, 7) is -0.563. The average Bonchev–Trinajstić information content (AvgIpc) is 2.30. The van der Waals surface area contributed by atoms with Crippen molar-refractivity contribution in [2.45, 2.75) is 6.18 Å². The van der Waals surface area contributed by atoms with Gasteiger partial charge in [0.2, 0.25) is 0 Å². The zero-order chi connectivity index (χ0) is 13.8. The van der Waals surface area contributed by atoms with Crippen LogP contribution in [-0.2, 0) is 0 Å². The molecule has 1 N–H and O–H groups in total. The highest BCUT2D eigenvalue weighted by atomic mass is 35.5. The van der Waals surface area contributed by atoms with Gasteiger partial charge < -0.3 is 10.1 Å². The first-order valence-electron chi connectivity index (χ1n) is 4.92. The maximum atomic E-state index is 12.3. The molecule has 0 aliphatic rings. The summed E-state index contributed by atoms with van der Waals surface area (Å²) in [5, 5.41) is 11.2. The zero-order valence-electron chi connectivity index (χ0n) is 9.38. The molecular weight excluding hydrogens is 269 g/mol. The van der Waals surface area contributed by atoms with E-state index in [-0.39, 0.29) is 5.02 Å². The van der Waals surface area contributed by atoms with Crippen LogP contribution in [0.25, 0.3) is 0 Å². The summed E-state index contributed by atoms with van der Waals surface area (Å²) in [7, 11) is 1.43. The lowest BCUT2D eigenvalue weighted by molar-refractivity contribution is -0.155. The highest BCUT2D eigenvalue weighted by molar-refractivity contribution is 6.33. The number of nitrogens with one attached hydrogen (secondary N) is 1. The van der Waals surface area contributed by atoms with Crippen molar-refractivity contribution in [1.29, 1.82) is 5.26 Å². The minimum Gasteiger partial charge on any atom is -0.497 e. The van der Waals surface area contributed by atoms with E-state index >= 15 is 0 Å². The minimum absolute atomic E-state index is 0.259. The molecule has 0 bridgehead atoms. The number of methoxy groups -OCH3 is 1. The van der Waals surface area contributed by atoms with Crippen molar-refractivity contribution in [3.05, 3.63) is 23.2 Å². The molecule has 0 amide bonds. The third-order valence-electron chi connectivity index (χ3n) is 2.22. The molecule has 0 aromatic heterocycles. The number of hydrogen-bond donors (Lipinski definition) is 1. The maximum absolute atomic E-state index is 12.3. The highest BCUT2D eigenvalue weighted by Gasteiger charge is 2.39. The number of nitriles is 1. The molecule has 1 atom stereocenters. The Morgan fingerprint density at radius 1 is 1.50 bits per heavy atom. The van der Waals surface area contributed by atoms with E-state index in [1.54, 1.807) is 6.07 Å². The topological polar surface area (TPSA) is 45.0 Å². The summed E-state index contributed by atoms with van der Waals surface area (Å²) in [5.41, 5.74) is 0.292. The first-order valence-corrected chi connectivity index (χ1v) is 5.30. The largest absolute Gasteiger partial charge is 0.497 e. The van der Waals surface area contributed by atoms with E-state index in [4.69, 9.17) is 21.6 Å². The fourth-order valence-corrected chi connectivity index (χ4v) is 1.40. The van der Waals surface area contributed by atoms with Crippen molar-refractivity contribution in [3.63, 3.8) is 0 Å². The van der Waals surface area contributed by atoms with E-state index in [0.29, 0.717) is 11.4 Å². The second-order valence-corrected chi connectivity index (χ2v) is 3.86. The Morgan fingerprint density at radius 2 is 2.17 bits per heavy atom. The van der Waals surface area contributed by atoms with Crippen molar-refractivity contribution < 1.29 is 17.9 Å². The normalized spacial score (nSPS) is 12.7. The molecule has 98 valence electrons. The number of nitrogens with zero attached hydrogens (tertiary/aromatic N) is 1. The van der Waals surface area contributed by atoms with Crippen LogP contribution in [0.3, 0.4) is 0 Å². The molecule has 1 unspecified atom stereocenters. The fraction of sp³-hybridized carbons (Fsp3) is 0.364. The van der Waals surface area contributed by atoms with Crippen LogP contribution < -0.4 is 10.1 Å². The Hall–Kier alpha value is -1.61. The summed E-state index contributed by atoms with van der Waals surface area (Å²) in [5.74, 6) is -1.62. The molecule has 0 saturated carbocycles. The molecule has 1 aromatic rings. The van der Waals surface area contributed by atoms with Gasteiger partial charge in [0.05, 0.1) is 23.9 Å². The van der Waals surface area contributed by atoms with Crippen LogP contribution in [0, 0.1) is 17.2 Å². The third kappa shape index (κ3) is 3.70. The van der Waals surface area contributed by atoms with Gasteiger partial charge in [-0.1, -0.05) is 11.6 Å². The Labute approximate surface area is 107 Å². The molecule has 18 heavy (non-hydrogen) atoms. The predicted molar refractivity (Wildman–Crippen MR) is 61.7 cm³/mol. The van der Waals surface area contributed by atoms with Gasteiger partial charge in [0.1, 0.15) is 5.75 Å². The molecule has 0 spiro atoms. The van der Waals surface area contributed by atoms with E-state index in [1.165, 1.54) is 25.3 Å². The van der Waals surface area contributed by atoms with Crippen LogP contribution in [-0.4, -0.2) is 19.8 Å². The zero-order valence-corrected chi connectivity index (χ0v) is 10.1. The van der Waals surface area contributed by atoms with Gasteiger partial charge in [-0.15, -0.1) is 0 Å². The van der Waals surface area contributed by atoms with E-state index in [9.17, 15) is 13.2 Å². The van der Waals surface area contributed by atoms with Gasteiger partial charge in [-0.05, 0) is 12.1 Å². The number of ether oxygens (including phenoxy) is 1. The molecule has 1 aromatic carbocycles. The summed E-state index contributed by atoms with van der Waals surface area (Å²) in [4.78, 5) is 0. The van der Waals surface area contributed by atoms with Crippen LogP contribution in [0.1, 0.15) is 0 Å². The number of rotatable bonds is 4. The lowest BCUT2D eigenvalue weighted by Gasteiger charge is -2.15.